The van der Waals surface area contributed by atoms with Crippen molar-refractivity contribution >= 4 is 16.5 Å². The van der Waals surface area contributed by atoms with E-state index in [4.69, 9.17) is 0 Å². The molecular formula is C17H23NO. The fourth-order valence-electron chi connectivity index (χ4n) is 2.56. The van der Waals surface area contributed by atoms with E-state index in [1.54, 1.807) is 0 Å². The molecule has 0 aromatic heterocycles. The van der Waals surface area contributed by atoms with Gasteiger partial charge in [0.2, 0.25) is 0 Å². The van der Waals surface area contributed by atoms with Gasteiger partial charge in [0.1, 0.15) is 0 Å². The van der Waals surface area contributed by atoms with Crippen molar-refractivity contribution in [2.75, 3.05) is 18.0 Å². The molecule has 0 saturated heterocycles. The number of aliphatic hydroxyl groups is 1. The summed E-state index contributed by atoms with van der Waals surface area (Å²) in [5, 5.41) is 12.6. The Morgan fingerprint density at radius 1 is 1.05 bits per heavy atom. The topological polar surface area (TPSA) is 23.5 Å². The minimum Gasteiger partial charge on any atom is -0.391 e. The van der Waals surface area contributed by atoms with Crippen LogP contribution in [0.1, 0.15) is 26.7 Å². The first-order valence-electron chi connectivity index (χ1n) is 7.17. The van der Waals surface area contributed by atoms with Crippen LogP contribution in [-0.4, -0.2) is 24.3 Å². The lowest BCUT2D eigenvalue weighted by Crippen LogP contribution is -2.32. The summed E-state index contributed by atoms with van der Waals surface area (Å²) in [6.07, 6.45) is 1.64. The number of hydrogen-bond acceptors (Lipinski definition) is 2. The SMILES string of the molecule is CCCC(O)CN(CC)c1cccc2ccccc12. The van der Waals surface area contributed by atoms with E-state index in [1.807, 2.05) is 0 Å². The first-order chi connectivity index (χ1) is 9.26. The Morgan fingerprint density at radius 3 is 2.53 bits per heavy atom. The molecule has 0 saturated carbocycles. The Hall–Kier alpha value is -1.54. The summed E-state index contributed by atoms with van der Waals surface area (Å²) in [7, 11) is 0. The smallest absolute Gasteiger partial charge is 0.0715 e. The molecule has 0 aliphatic rings. The van der Waals surface area contributed by atoms with E-state index < -0.39 is 0 Å². The number of likely N-dealkylation sites (N-methyl/N-ethyl adjacent to an activating group) is 1. The van der Waals surface area contributed by atoms with Crippen molar-refractivity contribution in [1.82, 2.24) is 0 Å². The Kier molecular flexibility index (Phi) is 4.80. The highest BCUT2D eigenvalue weighted by Crippen LogP contribution is 2.26. The first kappa shape index (κ1) is 13.9. The van der Waals surface area contributed by atoms with E-state index in [0.717, 1.165) is 19.4 Å². The van der Waals surface area contributed by atoms with Crippen LogP contribution in [-0.2, 0) is 0 Å². The Bertz CT molecular complexity index is 518. The number of nitrogens with zero attached hydrogens (tertiary/aromatic N) is 1. The van der Waals surface area contributed by atoms with Crippen molar-refractivity contribution in [3.05, 3.63) is 42.5 Å². The molecule has 1 unspecified atom stereocenters. The third kappa shape index (κ3) is 3.27. The molecule has 0 radical (unpaired) electrons. The molecular weight excluding hydrogens is 234 g/mol. The van der Waals surface area contributed by atoms with Crippen LogP contribution in [0.4, 0.5) is 5.69 Å². The third-order valence-electron chi connectivity index (χ3n) is 3.54. The molecule has 2 nitrogen and oxygen atoms in total. The standard InChI is InChI=1S/C17H23NO/c1-3-8-15(19)13-18(4-2)17-12-7-10-14-9-5-6-11-16(14)17/h5-7,9-12,15,19H,3-4,8,13H2,1-2H3. The van der Waals surface area contributed by atoms with Crippen molar-refractivity contribution < 1.29 is 5.11 Å². The molecule has 2 aromatic carbocycles. The normalized spacial score (nSPS) is 12.6. The summed E-state index contributed by atoms with van der Waals surface area (Å²) in [5.74, 6) is 0. The van der Waals surface area contributed by atoms with Gasteiger partial charge >= 0.3 is 0 Å². The molecule has 19 heavy (non-hydrogen) atoms. The number of anilines is 1. The fraction of sp³-hybridized carbons (Fsp3) is 0.412. The molecule has 0 heterocycles. The molecule has 0 spiro atoms. The van der Waals surface area contributed by atoms with E-state index in [0.29, 0.717) is 6.54 Å². The Morgan fingerprint density at radius 2 is 1.79 bits per heavy atom. The Labute approximate surface area is 115 Å². The van der Waals surface area contributed by atoms with Crippen molar-refractivity contribution in [2.24, 2.45) is 0 Å². The van der Waals surface area contributed by atoms with E-state index in [1.165, 1.54) is 16.5 Å². The maximum Gasteiger partial charge on any atom is 0.0715 e. The van der Waals surface area contributed by atoms with Gasteiger partial charge < -0.3 is 10.0 Å². The second-order valence-electron chi connectivity index (χ2n) is 4.98. The van der Waals surface area contributed by atoms with E-state index >= 15 is 0 Å². The van der Waals surface area contributed by atoms with Crippen LogP contribution in [0.5, 0.6) is 0 Å². The average molecular weight is 257 g/mol. The van der Waals surface area contributed by atoms with Crippen LogP contribution in [0.15, 0.2) is 42.5 Å². The van der Waals surface area contributed by atoms with Gasteiger partial charge in [0.25, 0.3) is 0 Å². The highest BCUT2D eigenvalue weighted by atomic mass is 16.3. The number of benzene rings is 2. The highest BCUT2D eigenvalue weighted by molar-refractivity contribution is 5.94. The molecule has 1 atom stereocenters. The average Bonchev–Trinajstić information content (AvgIpc) is 2.44. The van der Waals surface area contributed by atoms with Gasteiger partial charge in [-0.15, -0.1) is 0 Å². The molecule has 1 N–H and O–H groups in total. The van der Waals surface area contributed by atoms with E-state index in [9.17, 15) is 5.11 Å². The first-order valence-corrected chi connectivity index (χ1v) is 7.17. The van der Waals surface area contributed by atoms with Crippen LogP contribution in [0.2, 0.25) is 0 Å². The predicted octanol–water partition coefficient (Wildman–Crippen LogP) is 3.83. The third-order valence-corrected chi connectivity index (χ3v) is 3.54. The van der Waals surface area contributed by atoms with Gasteiger partial charge in [-0.1, -0.05) is 49.7 Å². The largest absolute Gasteiger partial charge is 0.391 e. The lowest BCUT2D eigenvalue weighted by Gasteiger charge is -2.27. The fourth-order valence-corrected chi connectivity index (χ4v) is 2.56. The molecule has 0 bridgehead atoms. The molecule has 0 aliphatic heterocycles. The maximum absolute atomic E-state index is 10.0. The predicted molar refractivity (Wildman–Crippen MR) is 82.7 cm³/mol. The number of hydrogen-bond donors (Lipinski definition) is 1. The van der Waals surface area contributed by atoms with Crippen LogP contribution in [0.3, 0.4) is 0 Å². The van der Waals surface area contributed by atoms with Gasteiger partial charge in [-0.05, 0) is 24.8 Å². The number of fused-ring (bicyclic) bond motifs is 1. The molecule has 0 amide bonds. The van der Waals surface area contributed by atoms with Gasteiger partial charge in [-0.2, -0.15) is 0 Å². The zero-order valence-corrected chi connectivity index (χ0v) is 11.8. The van der Waals surface area contributed by atoms with Gasteiger partial charge in [-0.25, -0.2) is 0 Å². The van der Waals surface area contributed by atoms with Crippen molar-refractivity contribution in [3.63, 3.8) is 0 Å². The summed E-state index contributed by atoms with van der Waals surface area (Å²) < 4.78 is 0. The van der Waals surface area contributed by atoms with Crippen LogP contribution < -0.4 is 4.90 Å². The second-order valence-corrected chi connectivity index (χ2v) is 4.98. The van der Waals surface area contributed by atoms with Gasteiger partial charge in [0.15, 0.2) is 0 Å². The summed E-state index contributed by atoms with van der Waals surface area (Å²) in [5.41, 5.74) is 1.22. The molecule has 2 heteroatoms. The van der Waals surface area contributed by atoms with E-state index in [-0.39, 0.29) is 6.10 Å². The van der Waals surface area contributed by atoms with Gasteiger partial charge in [-0.3, -0.25) is 0 Å². The lowest BCUT2D eigenvalue weighted by atomic mass is 10.1. The summed E-state index contributed by atoms with van der Waals surface area (Å²) in [6, 6.07) is 14.8. The lowest BCUT2D eigenvalue weighted by molar-refractivity contribution is 0.169. The maximum atomic E-state index is 10.0. The molecule has 0 aliphatic carbocycles. The number of rotatable bonds is 6. The minimum absolute atomic E-state index is 0.246. The van der Waals surface area contributed by atoms with Crippen molar-refractivity contribution in [1.29, 1.82) is 0 Å². The van der Waals surface area contributed by atoms with E-state index in [2.05, 4.69) is 61.2 Å². The van der Waals surface area contributed by atoms with Crippen LogP contribution in [0, 0.1) is 0 Å². The minimum atomic E-state index is -0.246. The molecule has 0 fully saturated rings. The monoisotopic (exact) mass is 257 g/mol. The van der Waals surface area contributed by atoms with Crippen LogP contribution in [0.25, 0.3) is 10.8 Å². The second kappa shape index (κ2) is 6.58. The summed E-state index contributed by atoms with van der Waals surface area (Å²) in [4.78, 5) is 2.27. The molecule has 2 rings (SSSR count). The van der Waals surface area contributed by atoms with Crippen molar-refractivity contribution in [2.45, 2.75) is 32.8 Å². The van der Waals surface area contributed by atoms with Crippen molar-refractivity contribution in [3.8, 4) is 0 Å². The zero-order valence-electron chi connectivity index (χ0n) is 11.8. The zero-order chi connectivity index (χ0) is 13.7. The summed E-state index contributed by atoms with van der Waals surface area (Å²) >= 11 is 0. The van der Waals surface area contributed by atoms with Gasteiger partial charge in [0.05, 0.1) is 6.10 Å². The van der Waals surface area contributed by atoms with Crippen LogP contribution >= 0.6 is 0 Å². The molecule has 102 valence electrons. The Balaban J connectivity index is 2.30. The number of aliphatic hydroxyl groups excluding tert-OH is 1. The highest BCUT2D eigenvalue weighted by Gasteiger charge is 2.12. The van der Waals surface area contributed by atoms with Gasteiger partial charge in [0, 0.05) is 24.2 Å². The summed E-state index contributed by atoms with van der Waals surface area (Å²) in [6.45, 7) is 5.87. The quantitative estimate of drug-likeness (QED) is 0.850. The molecule has 2 aromatic rings.